The largest absolute Gasteiger partial charge is 0.315 e. The van der Waals surface area contributed by atoms with E-state index in [1.165, 1.54) is 5.75 Å². The summed E-state index contributed by atoms with van der Waals surface area (Å²) >= 11 is 1.92. The van der Waals surface area contributed by atoms with Crippen molar-refractivity contribution in [3.05, 3.63) is 0 Å². The van der Waals surface area contributed by atoms with Gasteiger partial charge in [-0.05, 0) is 0 Å². The van der Waals surface area contributed by atoms with Gasteiger partial charge in [-0.25, -0.2) is 0 Å². The van der Waals surface area contributed by atoms with Crippen LogP contribution in [0.3, 0.4) is 0 Å². The maximum atomic E-state index is 5.50. The van der Waals surface area contributed by atoms with Gasteiger partial charge in [0.05, 0.1) is 6.17 Å². The van der Waals surface area contributed by atoms with E-state index in [1.807, 2.05) is 11.8 Å². The molecular formula is C4H10N2S. The van der Waals surface area contributed by atoms with Gasteiger partial charge in [-0.15, -0.1) is 0 Å². The van der Waals surface area contributed by atoms with Gasteiger partial charge in [-0.2, -0.15) is 11.8 Å². The average Bonchev–Trinajstić information content (AvgIpc) is 1.69. The fourth-order valence-electron chi connectivity index (χ4n) is 0.586. The molecule has 0 aliphatic carbocycles. The molecule has 0 aromatic rings. The van der Waals surface area contributed by atoms with Crippen LogP contribution in [-0.4, -0.2) is 24.2 Å². The Morgan fingerprint density at radius 3 is 2.86 bits per heavy atom. The van der Waals surface area contributed by atoms with Crippen molar-refractivity contribution in [1.82, 2.24) is 5.32 Å². The van der Waals surface area contributed by atoms with E-state index in [2.05, 4.69) is 5.32 Å². The van der Waals surface area contributed by atoms with E-state index >= 15 is 0 Å². The number of rotatable bonds is 0. The summed E-state index contributed by atoms with van der Waals surface area (Å²) in [4.78, 5) is 0. The van der Waals surface area contributed by atoms with Crippen molar-refractivity contribution in [2.24, 2.45) is 5.73 Å². The zero-order valence-corrected chi connectivity index (χ0v) is 5.00. The lowest BCUT2D eigenvalue weighted by atomic mass is 10.5. The zero-order valence-electron chi connectivity index (χ0n) is 4.18. The number of thioether (sulfide) groups is 1. The first-order chi connectivity index (χ1) is 3.39. The van der Waals surface area contributed by atoms with Crippen LogP contribution in [0.2, 0.25) is 0 Å². The van der Waals surface area contributed by atoms with E-state index in [0.717, 1.165) is 12.3 Å². The molecule has 1 aliphatic rings. The van der Waals surface area contributed by atoms with E-state index in [1.54, 1.807) is 0 Å². The Bertz CT molecular complexity index is 51.7. The summed E-state index contributed by atoms with van der Waals surface area (Å²) in [6, 6.07) is 0. The lowest BCUT2D eigenvalue weighted by molar-refractivity contribution is 0.586. The highest BCUT2D eigenvalue weighted by atomic mass is 32.2. The van der Waals surface area contributed by atoms with E-state index in [0.29, 0.717) is 0 Å². The molecule has 1 saturated heterocycles. The van der Waals surface area contributed by atoms with Crippen molar-refractivity contribution in [3.8, 4) is 0 Å². The molecule has 1 atom stereocenters. The second kappa shape index (κ2) is 2.55. The normalized spacial score (nSPS) is 33.0. The summed E-state index contributed by atoms with van der Waals surface area (Å²) in [5.74, 6) is 2.29. The summed E-state index contributed by atoms with van der Waals surface area (Å²) in [6.07, 6.45) is 0.249. The third-order valence-electron chi connectivity index (χ3n) is 0.950. The number of nitrogens with one attached hydrogen (secondary N) is 1. The predicted molar refractivity (Wildman–Crippen MR) is 33.3 cm³/mol. The van der Waals surface area contributed by atoms with Gasteiger partial charge in [0, 0.05) is 18.1 Å². The predicted octanol–water partition coefficient (Wildman–Crippen LogP) is -0.392. The average molecular weight is 118 g/mol. The van der Waals surface area contributed by atoms with Crippen LogP contribution in [0.4, 0.5) is 0 Å². The van der Waals surface area contributed by atoms with Crippen molar-refractivity contribution in [1.29, 1.82) is 0 Å². The van der Waals surface area contributed by atoms with E-state index in [4.69, 9.17) is 5.73 Å². The second-order valence-corrected chi connectivity index (χ2v) is 2.79. The number of hydrogen-bond acceptors (Lipinski definition) is 3. The van der Waals surface area contributed by atoms with Crippen LogP contribution in [-0.2, 0) is 0 Å². The minimum atomic E-state index is 0.249. The molecule has 0 aromatic carbocycles. The summed E-state index contributed by atoms with van der Waals surface area (Å²) in [6.45, 7) is 1.08. The van der Waals surface area contributed by atoms with Crippen molar-refractivity contribution < 1.29 is 0 Å². The summed E-state index contributed by atoms with van der Waals surface area (Å²) in [5, 5.41) is 3.14. The second-order valence-electron chi connectivity index (χ2n) is 1.64. The van der Waals surface area contributed by atoms with Crippen LogP contribution >= 0.6 is 11.8 Å². The minimum Gasteiger partial charge on any atom is -0.315 e. The van der Waals surface area contributed by atoms with Gasteiger partial charge in [0.25, 0.3) is 0 Å². The molecule has 2 nitrogen and oxygen atoms in total. The number of hydrogen-bond donors (Lipinski definition) is 2. The van der Waals surface area contributed by atoms with Crippen LogP contribution in [0, 0.1) is 0 Å². The van der Waals surface area contributed by atoms with Crippen LogP contribution in [0.15, 0.2) is 0 Å². The molecule has 3 heteroatoms. The molecule has 1 aliphatic heterocycles. The Labute approximate surface area is 47.8 Å². The Kier molecular flexibility index (Phi) is 1.97. The molecule has 0 aromatic heterocycles. The lowest BCUT2D eigenvalue weighted by Crippen LogP contribution is -2.43. The first-order valence-electron chi connectivity index (χ1n) is 2.46. The molecule has 3 N–H and O–H groups in total. The molecule has 0 spiro atoms. The highest BCUT2D eigenvalue weighted by Gasteiger charge is 2.04. The van der Waals surface area contributed by atoms with Gasteiger partial charge in [-0.3, -0.25) is 0 Å². The Balaban J connectivity index is 2.12. The Morgan fingerprint density at radius 2 is 2.57 bits per heavy atom. The quantitative estimate of drug-likeness (QED) is 0.455. The van der Waals surface area contributed by atoms with E-state index < -0.39 is 0 Å². The van der Waals surface area contributed by atoms with Crippen molar-refractivity contribution in [2.45, 2.75) is 6.17 Å². The maximum absolute atomic E-state index is 5.50. The van der Waals surface area contributed by atoms with E-state index in [-0.39, 0.29) is 6.17 Å². The third-order valence-corrected chi connectivity index (χ3v) is 2.04. The van der Waals surface area contributed by atoms with Crippen molar-refractivity contribution in [3.63, 3.8) is 0 Å². The molecule has 42 valence electrons. The van der Waals surface area contributed by atoms with Crippen LogP contribution in [0.25, 0.3) is 0 Å². The van der Waals surface area contributed by atoms with Crippen LogP contribution < -0.4 is 11.1 Å². The van der Waals surface area contributed by atoms with Crippen molar-refractivity contribution >= 4 is 11.8 Å². The monoisotopic (exact) mass is 118 g/mol. The molecule has 1 unspecified atom stereocenters. The first-order valence-corrected chi connectivity index (χ1v) is 3.62. The summed E-state index contributed by atoms with van der Waals surface area (Å²) in [5.41, 5.74) is 5.50. The number of nitrogens with two attached hydrogens (primary N) is 1. The van der Waals surface area contributed by atoms with Gasteiger partial charge in [0.2, 0.25) is 0 Å². The van der Waals surface area contributed by atoms with E-state index in [9.17, 15) is 0 Å². The molecule has 0 bridgehead atoms. The van der Waals surface area contributed by atoms with Gasteiger partial charge < -0.3 is 11.1 Å². The van der Waals surface area contributed by atoms with Gasteiger partial charge in [0.15, 0.2) is 0 Å². The van der Waals surface area contributed by atoms with Gasteiger partial charge in [-0.1, -0.05) is 0 Å². The fraction of sp³-hybridized carbons (Fsp3) is 1.00. The third kappa shape index (κ3) is 1.67. The summed E-state index contributed by atoms with van der Waals surface area (Å²) < 4.78 is 0. The smallest absolute Gasteiger partial charge is 0.0639 e. The summed E-state index contributed by atoms with van der Waals surface area (Å²) in [7, 11) is 0. The standard InChI is InChI=1S/C4H10N2S/c5-4-3-7-2-1-6-4/h4,6H,1-3,5H2. The van der Waals surface area contributed by atoms with Gasteiger partial charge >= 0.3 is 0 Å². The molecule has 0 radical (unpaired) electrons. The van der Waals surface area contributed by atoms with Gasteiger partial charge in [0.1, 0.15) is 0 Å². The highest BCUT2D eigenvalue weighted by molar-refractivity contribution is 7.99. The minimum absolute atomic E-state index is 0.249. The molecule has 1 fully saturated rings. The zero-order chi connectivity index (χ0) is 5.11. The topological polar surface area (TPSA) is 38.0 Å². The molecule has 0 amide bonds. The first kappa shape index (κ1) is 5.41. The Morgan fingerprint density at radius 1 is 1.71 bits per heavy atom. The maximum Gasteiger partial charge on any atom is 0.0639 e. The molecule has 7 heavy (non-hydrogen) atoms. The highest BCUT2D eigenvalue weighted by Crippen LogP contribution is 2.02. The fourth-order valence-corrected chi connectivity index (χ4v) is 1.39. The van der Waals surface area contributed by atoms with Crippen LogP contribution in [0.5, 0.6) is 0 Å². The molecular weight excluding hydrogens is 108 g/mol. The molecule has 1 rings (SSSR count). The lowest BCUT2D eigenvalue weighted by Gasteiger charge is -2.17. The molecule has 0 saturated carbocycles. The Hall–Kier alpha value is 0.270. The van der Waals surface area contributed by atoms with Crippen LogP contribution in [0.1, 0.15) is 0 Å². The van der Waals surface area contributed by atoms with Crippen molar-refractivity contribution in [2.75, 3.05) is 18.1 Å². The SMILES string of the molecule is NC1CSCCN1. The molecule has 1 heterocycles.